The van der Waals surface area contributed by atoms with Crippen molar-refractivity contribution < 1.29 is 15.0 Å². The minimum atomic E-state index is -0.918. The summed E-state index contributed by atoms with van der Waals surface area (Å²) < 4.78 is 0. The molecule has 2 atom stereocenters. The van der Waals surface area contributed by atoms with Crippen molar-refractivity contribution in [3.63, 3.8) is 0 Å². The van der Waals surface area contributed by atoms with Crippen molar-refractivity contribution in [2.24, 2.45) is 0 Å². The van der Waals surface area contributed by atoms with Crippen LogP contribution in [0.1, 0.15) is 34.5 Å². The Hall–Kier alpha value is -2.96. The van der Waals surface area contributed by atoms with Gasteiger partial charge in [-0.25, -0.2) is 4.79 Å². The van der Waals surface area contributed by atoms with Crippen LogP contribution in [0.15, 0.2) is 85.2 Å². The minimum Gasteiger partial charge on any atom is -0.478 e. The second kappa shape index (κ2) is 12.5. The molecule has 0 aliphatic heterocycles. The number of nitrogens with one attached hydrogen (secondary N) is 1. The van der Waals surface area contributed by atoms with E-state index in [-0.39, 0.29) is 30.9 Å². The molecular weight excluding hydrogens is 471 g/mol. The molecule has 5 nitrogen and oxygen atoms in total. The second-order valence-electron chi connectivity index (χ2n) is 8.02. The molecule has 34 heavy (non-hydrogen) atoms. The lowest BCUT2D eigenvalue weighted by molar-refractivity contribution is 0.0699. The molecule has 0 unspecified atom stereocenters. The van der Waals surface area contributed by atoms with Gasteiger partial charge in [-0.15, -0.1) is 24.8 Å². The van der Waals surface area contributed by atoms with E-state index in [0.29, 0.717) is 12.1 Å². The number of aromatic carboxylic acids is 1. The Morgan fingerprint density at radius 1 is 0.941 bits per heavy atom. The SMILES string of the molecule is C[C@H](Cc1ccc(-c2ccc(C(=O)O)c3ccccc23)cc1)NC[C@@H](O)c1cccnc1.Cl.Cl. The highest BCUT2D eigenvalue weighted by Gasteiger charge is 2.13. The van der Waals surface area contributed by atoms with Crippen LogP contribution in [0.4, 0.5) is 0 Å². The predicted octanol–water partition coefficient (Wildman–Crippen LogP) is 5.70. The maximum atomic E-state index is 11.6. The van der Waals surface area contributed by atoms with E-state index < -0.39 is 12.1 Å². The molecule has 4 aromatic rings. The number of hydrogen-bond donors (Lipinski definition) is 3. The monoisotopic (exact) mass is 498 g/mol. The Kier molecular flexibility index (Phi) is 10.0. The Morgan fingerprint density at radius 2 is 1.65 bits per heavy atom. The van der Waals surface area contributed by atoms with Crippen LogP contribution in [0.25, 0.3) is 21.9 Å². The first-order chi connectivity index (χ1) is 15.5. The molecule has 1 aromatic heterocycles. The molecule has 0 bridgehead atoms. The first kappa shape index (κ1) is 27.3. The number of carboxylic acids is 1. The number of carboxylic acid groups (broad SMARTS) is 1. The van der Waals surface area contributed by atoms with Crippen molar-refractivity contribution in [1.82, 2.24) is 10.3 Å². The van der Waals surface area contributed by atoms with E-state index in [0.717, 1.165) is 33.9 Å². The van der Waals surface area contributed by atoms with Gasteiger partial charge < -0.3 is 15.5 Å². The number of rotatable bonds is 8. The van der Waals surface area contributed by atoms with Crippen molar-refractivity contribution in [2.45, 2.75) is 25.5 Å². The highest BCUT2D eigenvalue weighted by molar-refractivity contribution is 6.08. The van der Waals surface area contributed by atoms with Crippen molar-refractivity contribution in [2.75, 3.05) is 6.54 Å². The number of carbonyl (C=O) groups is 1. The van der Waals surface area contributed by atoms with Gasteiger partial charge in [-0.05, 0) is 52.9 Å². The van der Waals surface area contributed by atoms with E-state index in [9.17, 15) is 15.0 Å². The summed E-state index contributed by atoms with van der Waals surface area (Å²) in [7, 11) is 0. The molecule has 4 rings (SSSR count). The second-order valence-corrected chi connectivity index (χ2v) is 8.02. The van der Waals surface area contributed by atoms with Crippen molar-refractivity contribution in [1.29, 1.82) is 0 Å². The van der Waals surface area contributed by atoms with Gasteiger partial charge in [0.25, 0.3) is 0 Å². The molecule has 0 aliphatic carbocycles. The van der Waals surface area contributed by atoms with E-state index >= 15 is 0 Å². The molecule has 7 heteroatoms. The van der Waals surface area contributed by atoms with Crippen molar-refractivity contribution in [3.8, 4) is 11.1 Å². The van der Waals surface area contributed by atoms with Crippen LogP contribution < -0.4 is 5.32 Å². The average Bonchev–Trinajstić information content (AvgIpc) is 2.83. The third kappa shape index (κ3) is 6.33. The fourth-order valence-corrected chi connectivity index (χ4v) is 3.99. The van der Waals surface area contributed by atoms with Gasteiger partial charge in [-0.3, -0.25) is 4.98 Å². The fraction of sp³-hybridized carbons (Fsp3) is 0.185. The van der Waals surface area contributed by atoms with Gasteiger partial charge in [0.2, 0.25) is 0 Å². The van der Waals surface area contributed by atoms with Crippen LogP contribution in [-0.2, 0) is 6.42 Å². The summed E-state index contributed by atoms with van der Waals surface area (Å²) in [6.07, 6.45) is 3.62. The van der Waals surface area contributed by atoms with Crippen LogP contribution >= 0.6 is 24.8 Å². The summed E-state index contributed by atoms with van der Waals surface area (Å²) in [5, 5.41) is 24.8. The number of benzene rings is 3. The van der Waals surface area contributed by atoms with E-state index in [1.807, 2.05) is 42.5 Å². The van der Waals surface area contributed by atoms with E-state index in [1.54, 1.807) is 18.5 Å². The Labute approximate surface area is 211 Å². The van der Waals surface area contributed by atoms with Gasteiger partial charge in [0.1, 0.15) is 0 Å². The number of aliphatic hydroxyl groups excluding tert-OH is 1. The predicted molar refractivity (Wildman–Crippen MR) is 141 cm³/mol. The average molecular weight is 499 g/mol. The summed E-state index contributed by atoms with van der Waals surface area (Å²) in [6.45, 7) is 2.56. The normalized spacial score (nSPS) is 12.3. The summed E-state index contributed by atoms with van der Waals surface area (Å²) in [5.74, 6) is -0.918. The molecule has 0 radical (unpaired) electrons. The summed E-state index contributed by atoms with van der Waals surface area (Å²) in [6, 6.07) is 23.4. The van der Waals surface area contributed by atoms with Crippen LogP contribution in [0.2, 0.25) is 0 Å². The van der Waals surface area contributed by atoms with Crippen LogP contribution in [0.3, 0.4) is 0 Å². The highest BCUT2D eigenvalue weighted by atomic mass is 35.5. The molecule has 0 saturated heterocycles. The number of pyridine rings is 1. The maximum Gasteiger partial charge on any atom is 0.336 e. The molecule has 0 amide bonds. The number of aliphatic hydroxyl groups is 1. The zero-order chi connectivity index (χ0) is 22.5. The maximum absolute atomic E-state index is 11.6. The van der Waals surface area contributed by atoms with E-state index in [1.165, 1.54) is 5.56 Å². The Balaban J connectivity index is 0.00000204. The van der Waals surface area contributed by atoms with Gasteiger partial charge in [-0.1, -0.05) is 60.7 Å². The molecule has 3 N–H and O–H groups in total. The molecule has 178 valence electrons. The first-order valence-corrected chi connectivity index (χ1v) is 10.7. The molecule has 1 heterocycles. The molecule has 0 saturated carbocycles. The van der Waals surface area contributed by atoms with Crippen molar-refractivity contribution in [3.05, 3.63) is 102 Å². The lowest BCUT2D eigenvalue weighted by Gasteiger charge is -2.17. The lowest BCUT2D eigenvalue weighted by atomic mass is 9.94. The zero-order valence-electron chi connectivity index (χ0n) is 18.7. The molecule has 0 spiro atoms. The Morgan fingerprint density at radius 3 is 2.29 bits per heavy atom. The van der Waals surface area contributed by atoms with Crippen LogP contribution in [0.5, 0.6) is 0 Å². The van der Waals surface area contributed by atoms with Gasteiger partial charge in [0.15, 0.2) is 0 Å². The van der Waals surface area contributed by atoms with Gasteiger partial charge in [0.05, 0.1) is 11.7 Å². The third-order valence-corrected chi connectivity index (χ3v) is 5.69. The number of hydrogen-bond acceptors (Lipinski definition) is 4. The minimum absolute atomic E-state index is 0. The summed E-state index contributed by atoms with van der Waals surface area (Å²) >= 11 is 0. The standard InChI is InChI=1S/C27H26N2O3.2ClH/c1-18(29-17-26(30)21-5-4-14-28-16-21)15-19-8-10-20(11-9-19)22-12-13-25(27(31)32)24-7-3-2-6-23(22)24;;/h2-14,16,18,26,29-30H,15,17H2,1H3,(H,31,32);2*1H/t18-,26-;;/m1../s1. The van der Waals surface area contributed by atoms with Crippen molar-refractivity contribution >= 4 is 41.6 Å². The smallest absolute Gasteiger partial charge is 0.336 e. The lowest BCUT2D eigenvalue weighted by Crippen LogP contribution is -2.32. The van der Waals surface area contributed by atoms with E-state index in [2.05, 4.69) is 41.5 Å². The number of fused-ring (bicyclic) bond motifs is 1. The number of aromatic nitrogens is 1. The zero-order valence-corrected chi connectivity index (χ0v) is 20.4. The highest BCUT2D eigenvalue weighted by Crippen LogP contribution is 2.31. The number of nitrogens with zero attached hydrogens (tertiary/aromatic N) is 1. The van der Waals surface area contributed by atoms with Crippen LogP contribution in [0, 0.1) is 0 Å². The molecule has 3 aromatic carbocycles. The van der Waals surface area contributed by atoms with Gasteiger partial charge in [0, 0.05) is 30.5 Å². The van der Waals surface area contributed by atoms with E-state index in [4.69, 9.17) is 0 Å². The summed E-state index contributed by atoms with van der Waals surface area (Å²) in [5.41, 5.74) is 4.38. The first-order valence-electron chi connectivity index (χ1n) is 10.7. The largest absolute Gasteiger partial charge is 0.478 e. The molecule has 0 aliphatic rings. The Bertz CT molecular complexity index is 1220. The molecule has 0 fully saturated rings. The van der Waals surface area contributed by atoms with Gasteiger partial charge in [-0.2, -0.15) is 0 Å². The fourth-order valence-electron chi connectivity index (χ4n) is 3.99. The third-order valence-electron chi connectivity index (χ3n) is 5.69. The van der Waals surface area contributed by atoms with Crippen LogP contribution in [-0.4, -0.2) is 33.8 Å². The molecular formula is C27H28Cl2N2O3. The van der Waals surface area contributed by atoms with Gasteiger partial charge >= 0.3 is 5.97 Å². The quantitative estimate of drug-likeness (QED) is 0.290. The topological polar surface area (TPSA) is 82.5 Å². The number of halogens is 2. The summed E-state index contributed by atoms with van der Waals surface area (Å²) in [4.78, 5) is 15.6.